The van der Waals surface area contributed by atoms with Crippen molar-refractivity contribution >= 4 is 32.4 Å². The summed E-state index contributed by atoms with van der Waals surface area (Å²) in [6, 6.07) is 0. The first-order chi connectivity index (χ1) is 5.59. The summed E-state index contributed by atoms with van der Waals surface area (Å²) in [5.41, 5.74) is 6.67. The van der Waals surface area contributed by atoms with Gasteiger partial charge in [-0.05, 0) is 34.7 Å². The molecule has 2 N–H and O–H groups in total. The van der Waals surface area contributed by atoms with Gasteiger partial charge >= 0.3 is 0 Å². The van der Waals surface area contributed by atoms with Crippen molar-refractivity contribution in [2.45, 2.75) is 26.7 Å². The Morgan fingerprint density at radius 3 is 2.67 bits per heavy atom. The second-order valence-corrected chi connectivity index (χ2v) is 5.55. The van der Waals surface area contributed by atoms with E-state index in [0.717, 1.165) is 21.8 Å². The minimum atomic E-state index is 0.653. The molecule has 0 bridgehead atoms. The summed E-state index contributed by atoms with van der Waals surface area (Å²) in [6.45, 7) is 4.42. The van der Waals surface area contributed by atoms with Gasteiger partial charge in [0.05, 0.1) is 9.48 Å². The van der Waals surface area contributed by atoms with Crippen molar-refractivity contribution in [3.63, 3.8) is 0 Å². The fourth-order valence-corrected chi connectivity index (χ4v) is 2.32. The van der Waals surface area contributed by atoms with Gasteiger partial charge in [-0.1, -0.05) is 25.2 Å². The molecule has 68 valence electrons. The average molecular weight is 249 g/mol. The highest BCUT2D eigenvalue weighted by molar-refractivity contribution is 9.11. The maximum atomic E-state index is 5.56. The molecular formula is C8H13BrN2S. The molecule has 2 nitrogen and oxygen atoms in total. The van der Waals surface area contributed by atoms with Crippen LogP contribution in [0.4, 0.5) is 5.13 Å². The lowest BCUT2D eigenvalue weighted by Gasteiger charge is -2.01. The van der Waals surface area contributed by atoms with Gasteiger partial charge in [0.15, 0.2) is 5.13 Å². The molecule has 0 fully saturated rings. The Kier molecular flexibility index (Phi) is 3.53. The van der Waals surface area contributed by atoms with Crippen LogP contribution in [0.1, 0.15) is 26.0 Å². The molecule has 0 aliphatic carbocycles. The third-order valence-electron chi connectivity index (χ3n) is 1.62. The zero-order valence-corrected chi connectivity index (χ0v) is 9.70. The van der Waals surface area contributed by atoms with Crippen LogP contribution in [-0.4, -0.2) is 4.98 Å². The van der Waals surface area contributed by atoms with Gasteiger partial charge in [0.25, 0.3) is 0 Å². The van der Waals surface area contributed by atoms with Gasteiger partial charge in [0.1, 0.15) is 0 Å². The van der Waals surface area contributed by atoms with Crippen LogP contribution in [0.2, 0.25) is 0 Å². The Morgan fingerprint density at radius 2 is 2.25 bits per heavy atom. The lowest BCUT2D eigenvalue weighted by Crippen LogP contribution is -1.93. The summed E-state index contributed by atoms with van der Waals surface area (Å²) < 4.78 is 1.08. The third-order valence-corrected chi connectivity index (χ3v) is 3.28. The molecule has 1 aromatic heterocycles. The lowest BCUT2D eigenvalue weighted by atomic mass is 10.1. The van der Waals surface area contributed by atoms with Crippen LogP contribution in [0.3, 0.4) is 0 Å². The van der Waals surface area contributed by atoms with Crippen molar-refractivity contribution in [3.8, 4) is 0 Å². The first-order valence-electron chi connectivity index (χ1n) is 4.00. The number of halogens is 1. The van der Waals surface area contributed by atoms with Crippen LogP contribution in [0.25, 0.3) is 0 Å². The van der Waals surface area contributed by atoms with Gasteiger partial charge in [0, 0.05) is 0 Å². The molecular weight excluding hydrogens is 236 g/mol. The number of aryl methyl sites for hydroxylation is 1. The molecule has 0 saturated heterocycles. The van der Waals surface area contributed by atoms with E-state index in [2.05, 4.69) is 34.8 Å². The highest BCUT2D eigenvalue weighted by Crippen LogP contribution is 2.27. The van der Waals surface area contributed by atoms with E-state index in [4.69, 9.17) is 5.73 Å². The molecule has 1 rings (SSSR count). The van der Waals surface area contributed by atoms with Crippen LogP contribution in [0, 0.1) is 5.92 Å². The largest absolute Gasteiger partial charge is 0.375 e. The molecule has 1 aromatic rings. The summed E-state index contributed by atoms with van der Waals surface area (Å²) in [4.78, 5) is 4.23. The van der Waals surface area contributed by atoms with Gasteiger partial charge in [-0.25, -0.2) is 4.98 Å². The van der Waals surface area contributed by atoms with Crippen LogP contribution in [-0.2, 0) is 6.42 Å². The zero-order valence-electron chi connectivity index (χ0n) is 7.30. The fraction of sp³-hybridized carbons (Fsp3) is 0.625. The molecule has 0 radical (unpaired) electrons. The molecule has 0 amide bonds. The number of aromatic nitrogens is 1. The molecule has 0 atom stereocenters. The minimum Gasteiger partial charge on any atom is -0.375 e. The molecule has 0 aliphatic rings. The first kappa shape index (κ1) is 9.99. The number of nitrogens with two attached hydrogens (primary N) is 1. The first-order valence-corrected chi connectivity index (χ1v) is 5.61. The molecule has 0 unspecified atom stereocenters. The van der Waals surface area contributed by atoms with Gasteiger partial charge < -0.3 is 5.73 Å². The van der Waals surface area contributed by atoms with Gasteiger partial charge in [-0.15, -0.1) is 0 Å². The van der Waals surface area contributed by atoms with Crippen molar-refractivity contribution in [1.82, 2.24) is 4.98 Å². The van der Waals surface area contributed by atoms with Crippen molar-refractivity contribution in [1.29, 1.82) is 0 Å². The highest BCUT2D eigenvalue weighted by Gasteiger charge is 2.06. The molecule has 0 saturated carbocycles. The van der Waals surface area contributed by atoms with Gasteiger partial charge in [-0.3, -0.25) is 0 Å². The minimum absolute atomic E-state index is 0.653. The molecule has 12 heavy (non-hydrogen) atoms. The summed E-state index contributed by atoms with van der Waals surface area (Å²) in [5.74, 6) is 0.722. The van der Waals surface area contributed by atoms with Crippen molar-refractivity contribution < 1.29 is 0 Å². The van der Waals surface area contributed by atoms with Gasteiger partial charge in [0.2, 0.25) is 0 Å². The number of nitrogens with zero attached hydrogens (tertiary/aromatic N) is 1. The quantitative estimate of drug-likeness (QED) is 0.894. The number of anilines is 1. The predicted octanol–water partition coefficient (Wildman–Crippen LogP) is 3.08. The summed E-state index contributed by atoms with van der Waals surface area (Å²) in [6.07, 6.45) is 2.19. The number of hydrogen-bond acceptors (Lipinski definition) is 3. The number of nitrogen functional groups attached to an aromatic ring is 1. The molecule has 0 aliphatic heterocycles. The van der Waals surface area contributed by atoms with Crippen molar-refractivity contribution in [3.05, 3.63) is 9.48 Å². The smallest absolute Gasteiger partial charge is 0.181 e. The molecule has 4 heteroatoms. The predicted molar refractivity (Wildman–Crippen MR) is 57.4 cm³/mol. The second kappa shape index (κ2) is 4.23. The third kappa shape index (κ3) is 2.75. The Morgan fingerprint density at radius 1 is 1.58 bits per heavy atom. The van der Waals surface area contributed by atoms with Crippen molar-refractivity contribution in [2.75, 3.05) is 5.73 Å². The Labute approximate surface area is 85.3 Å². The van der Waals surface area contributed by atoms with E-state index in [0.29, 0.717) is 5.13 Å². The Hall–Kier alpha value is -0.0900. The molecule has 1 heterocycles. The fourth-order valence-electron chi connectivity index (χ4n) is 0.930. The van der Waals surface area contributed by atoms with Crippen molar-refractivity contribution in [2.24, 2.45) is 5.92 Å². The zero-order chi connectivity index (χ0) is 9.14. The summed E-state index contributed by atoms with van der Waals surface area (Å²) in [5, 5.41) is 0.653. The van der Waals surface area contributed by atoms with Crippen LogP contribution in [0.5, 0.6) is 0 Å². The van der Waals surface area contributed by atoms with E-state index >= 15 is 0 Å². The van der Waals surface area contributed by atoms with E-state index in [1.54, 1.807) is 0 Å². The SMILES string of the molecule is CC(C)CCc1nc(N)sc1Br. The summed E-state index contributed by atoms with van der Waals surface area (Å²) in [7, 11) is 0. The monoisotopic (exact) mass is 248 g/mol. The van der Waals surface area contributed by atoms with E-state index < -0.39 is 0 Å². The number of rotatable bonds is 3. The number of hydrogen-bond donors (Lipinski definition) is 1. The Balaban J connectivity index is 2.57. The van der Waals surface area contributed by atoms with Crippen LogP contribution >= 0.6 is 27.3 Å². The van der Waals surface area contributed by atoms with E-state index in [9.17, 15) is 0 Å². The second-order valence-electron chi connectivity index (χ2n) is 3.21. The highest BCUT2D eigenvalue weighted by atomic mass is 79.9. The lowest BCUT2D eigenvalue weighted by molar-refractivity contribution is 0.582. The summed E-state index contributed by atoms with van der Waals surface area (Å²) >= 11 is 4.95. The standard InChI is InChI=1S/C8H13BrN2S/c1-5(2)3-4-6-7(9)12-8(10)11-6/h5H,3-4H2,1-2H3,(H2,10,11). The normalized spacial score (nSPS) is 11.0. The van der Waals surface area contributed by atoms with Gasteiger partial charge in [-0.2, -0.15) is 0 Å². The molecule has 0 spiro atoms. The average Bonchev–Trinajstić information content (AvgIpc) is 2.26. The Bertz CT molecular complexity index is 258. The van der Waals surface area contributed by atoms with Crippen LogP contribution in [0.15, 0.2) is 3.79 Å². The van der Waals surface area contributed by atoms with E-state index in [-0.39, 0.29) is 0 Å². The number of thiazole rings is 1. The van der Waals surface area contributed by atoms with E-state index in [1.807, 2.05) is 0 Å². The maximum Gasteiger partial charge on any atom is 0.181 e. The maximum absolute atomic E-state index is 5.56. The topological polar surface area (TPSA) is 38.9 Å². The van der Waals surface area contributed by atoms with Crippen LogP contribution < -0.4 is 5.73 Å². The molecule has 0 aromatic carbocycles. The van der Waals surface area contributed by atoms with E-state index in [1.165, 1.54) is 17.8 Å².